The van der Waals surface area contributed by atoms with E-state index in [1.165, 1.54) is 17.7 Å². The smallest absolute Gasteiger partial charge is 0.307 e. The van der Waals surface area contributed by atoms with Gasteiger partial charge in [0.1, 0.15) is 5.82 Å². The third-order valence-corrected chi connectivity index (χ3v) is 5.84. The first-order valence-electron chi connectivity index (χ1n) is 11.5. The van der Waals surface area contributed by atoms with Crippen LogP contribution in [0.3, 0.4) is 0 Å². The third-order valence-electron chi connectivity index (χ3n) is 5.84. The highest BCUT2D eigenvalue weighted by Gasteiger charge is 2.29. The molecule has 0 fully saturated rings. The van der Waals surface area contributed by atoms with E-state index in [0.717, 1.165) is 25.1 Å². The minimum atomic E-state index is -0.936. The summed E-state index contributed by atoms with van der Waals surface area (Å²) >= 11 is 0. The predicted octanol–water partition coefficient (Wildman–Crippen LogP) is 4.88. The molecule has 0 saturated carbocycles. The van der Waals surface area contributed by atoms with Crippen molar-refractivity contribution in [2.24, 2.45) is 0 Å². The number of aryl methyl sites for hydroxylation is 1. The molecule has 3 N–H and O–H groups in total. The van der Waals surface area contributed by atoms with Crippen LogP contribution < -0.4 is 10.6 Å². The van der Waals surface area contributed by atoms with Gasteiger partial charge in [-0.15, -0.1) is 0 Å². The highest BCUT2D eigenvalue weighted by molar-refractivity contribution is 6.37. The Bertz CT molecular complexity index is 1280. The zero-order valence-electron chi connectivity index (χ0n) is 19.8. The fourth-order valence-electron chi connectivity index (χ4n) is 4.18. The standard InChI is InChI=1S/C28H28FN3O3/c1-32(2)14-4-6-18-8-11-22(12-9-18)30-27(20-7-3-5-19(15-20)16-25(33)34)26-23-13-10-21(29)17-24(23)31-28(26)35/h3,5,7-13,15,17,30H,4,6,14,16H2,1-2H3,(H,31,35)(H,33,34)/b27-26-. The normalized spacial score (nSPS) is 14.0. The number of carbonyl (C=O) groups excluding carboxylic acids is 1. The summed E-state index contributed by atoms with van der Waals surface area (Å²) in [7, 11) is 4.11. The van der Waals surface area contributed by atoms with Crippen molar-refractivity contribution in [3.05, 3.63) is 94.8 Å². The highest BCUT2D eigenvalue weighted by Crippen LogP contribution is 2.38. The lowest BCUT2D eigenvalue weighted by Gasteiger charge is -2.16. The maximum atomic E-state index is 13.8. The van der Waals surface area contributed by atoms with E-state index >= 15 is 0 Å². The quantitative estimate of drug-likeness (QED) is 0.386. The van der Waals surface area contributed by atoms with Crippen molar-refractivity contribution in [2.75, 3.05) is 31.3 Å². The van der Waals surface area contributed by atoms with Crippen molar-refractivity contribution < 1.29 is 19.1 Å². The molecule has 1 aliphatic rings. The van der Waals surface area contributed by atoms with Gasteiger partial charge in [-0.05, 0) is 86.6 Å². The number of nitrogens with one attached hydrogen (secondary N) is 2. The van der Waals surface area contributed by atoms with Crippen LogP contribution in [-0.2, 0) is 22.4 Å². The number of amides is 1. The number of benzene rings is 3. The van der Waals surface area contributed by atoms with Crippen LogP contribution in [0, 0.1) is 5.82 Å². The fraction of sp³-hybridized carbons (Fsp3) is 0.214. The van der Waals surface area contributed by atoms with Crippen LogP contribution in [0.1, 0.15) is 28.7 Å². The number of halogens is 1. The van der Waals surface area contributed by atoms with Crippen LogP contribution in [0.4, 0.5) is 15.8 Å². The van der Waals surface area contributed by atoms with Crippen LogP contribution in [0.25, 0.3) is 11.3 Å². The highest BCUT2D eigenvalue weighted by atomic mass is 19.1. The molecule has 0 aliphatic carbocycles. The van der Waals surface area contributed by atoms with Gasteiger partial charge in [0.15, 0.2) is 0 Å². The lowest BCUT2D eigenvalue weighted by atomic mass is 9.98. The van der Waals surface area contributed by atoms with Gasteiger partial charge in [0.05, 0.1) is 23.4 Å². The molecule has 3 aromatic carbocycles. The first kappa shape index (κ1) is 24.2. The van der Waals surface area contributed by atoms with Crippen LogP contribution >= 0.6 is 0 Å². The molecule has 3 aromatic rings. The molecule has 0 unspecified atom stereocenters. The number of hydrogen-bond acceptors (Lipinski definition) is 4. The number of anilines is 2. The summed E-state index contributed by atoms with van der Waals surface area (Å²) in [6.45, 7) is 1.01. The van der Waals surface area contributed by atoms with Crippen LogP contribution in [-0.4, -0.2) is 42.5 Å². The number of nitrogens with zero attached hydrogens (tertiary/aromatic N) is 1. The summed E-state index contributed by atoms with van der Waals surface area (Å²) < 4.78 is 13.8. The summed E-state index contributed by atoms with van der Waals surface area (Å²) in [4.78, 5) is 26.4. The molecule has 4 rings (SSSR count). The zero-order chi connectivity index (χ0) is 24.9. The lowest BCUT2D eigenvalue weighted by molar-refractivity contribution is -0.136. The van der Waals surface area contributed by atoms with E-state index in [1.54, 1.807) is 24.3 Å². The minimum absolute atomic E-state index is 0.133. The first-order valence-corrected chi connectivity index (χ1v) is 11.5. The first-order chi connectivity index (χ1) is 16.8. The average Bonchev–Trinajstić information content (AvgIpc) is 3.12. The summed E-state index contributed by atoms with van der Waals surface area (Å²) in [5.74, 6) is -1.72. The number of aliphatic carboxylic acids is 1. The Morgan fingerprint density at radius 2 is 1.80 bits per heavy atom. The number of carbonyl (C=O) groups is 2. The second-order valence-electron chi connectivity index (χ2n) is 8.89. The maximum Gasteiger partial charge on any atom is 0.307 e. The van der Waals surface area contributed by atoms with E-state index in [4.69, 9.17) is 0 Å². The third kappa shape index (κ3) is 5.94. The Kier molecular flexibility index (Phi) is 7.27. The largest absolute Gasteiger partial charge is 0.481 e. The van der Waals surface area contributed by atoms with Gasteiger partial charge in [0.2, 0.25) is 0 Å². The minimum Gasteiger partial charge on any atom is -0.481 e. The Morgan fingerprint density at radius 3 is 2.51 bits per heavy atom. The molecule has 1 amide bonds. The molecule has 35 heavy (non-hydrogen) atoms. The van der Waals surface area contributed by atoms with E-state index in [2.05, 4.69) is 41.8 Å². The predicted molar refractivity (Wildman–Crippen MR) is 137 cm³/mol. The number of rotatable bonds is 9. The summed E-state index contributed by atoms with van der Waals surface area (Å²) in [5.41, 5.74) is 5.18. The Morgan fingerprint density at radius 1 is 1.03 bits per heavy atom. The Hall–Kier alpha value is -3.97. The topological polar surface area (TPSA) is 81.7 Å². The van der Waals surface area contributed by atoms with Crippen molar-refractivity contribution in [2.45, 2.75) is 19.3 Å². The van der Waals surface area contributed by atoms with Crippen molar-refractivity contribution in [3.63, 3.8) is 0 Å². The molecule has 7 heteroatoms. The lowest BCUT2D eigenvalue weighted by Crippen LogP contribution is -2.13. The molecule has 1 heterocycles. The fourth-order valence-corrected chi connectivity index (χ4v) is 4.18. The second kappa shape index (κ2) is 10.5. The summed E-state index contributed by atoms with van der Waals surface area (Å²) in [6, 6.07) is 19.3. The van der Waals surface area contributed by atoms with Gasteiger partial charge in [0, 0.05) is 11.3 Å². The van der Waals surface area contributed by atoms with E-state index < -0.39 is 11.8 Å². The number of carboxylic acid groups (broad SMARTS) is 1. The molecular weight excluding hydrogens is 445 g/mol. The van der Waals surface area contributed by atoms with Gasteiger partial charge >= 0.3 is 5.97 Å². The molecule has 0 spiro atoms. The van der Waals surface area contributed by atoms with Gasteiger partial charge < -0.3 is 20.6 Å². The van der Waals surface area contributed by atoms with Crippen molar-refractivity contribution in [1.29, 1.82) is 0 Å². The Labute approximate surface area is 204 Å². The van der Waals surface area contributed by atoms with Crippen molar-refractivity contribution >= 4 is 34.5 Å². The van der Waals surface area contributed by atoms with Gasteiger partial charge in [-0.2, -0.15) is 0 Å². The van der Waals surface area contributed by atoms with Crippen molar-refractivity contribution in [3.8, 4) is 0 Å². The second-order valence-corrected chi connectivity index (χ2v) is 8.89. The number of carboxylic acids is 1. The molecule has 0 atom stereocenters. The van der Waals surface area contributed by atoms with E-state index in [9.17, 15) is 19.1 Å². The van der Waals surface area contributed by atoms with E-state index in [-0.39, 0.29) is 12.3 Å². The zero-order valence-corrected chi connectivity index (χ0v) is 19.8. The van der Waals surface area contributed by atoms with E-state index in [0.29, 0.717) is 33.6 Å². The monoisotopic (exact) mass is 473 g/mol. The summed E-state index contributed by atoms with van der Waals surface area (Å²) in [6.07, 6.45) is 1.88. The molecule has 0 saturated heterocycles. The molecule has 6 nitrogen and oxygen atoms in total. The van der Waals surface area contributed by atoms with Gasteiger partial charge in [-0.1, -0.05) is 30.3 Å². The molecule has 0 bridgehead atoms. The van der Waals surface area contributed by atoms with E-state index in [1.807, 2.05) is 18.2 Å². The molecular formula is C28H28FN3O3. The van der Waals surface area contributed by atoms with Crippen molar-refractivity contribution in [1.82, 2.24) is 4.90 Å². The number of hydrogen-bond donors (Lipinski definition) is 3. The van der Waals surface area contributed by atoms with Crippen LogP contribution in [0.15, 0.2) is 66.7 Å². The van der Waals surface area contributed by atoms with Gasteiger partial charge in [-0.25, -0.2) is 4.39 Å². The Balaban J connectivity index is 1.72. The molecule has 0 radical (unpaired) electrons. The van der Waals surface area contributed by atoms with Crippen LogP contribution in [0.2, 0.25) is 0 Å². The molecule has 180 valence electrons. The van der Waals surface area contributed by atoms with Crippen LogP contribution in [0.5, 0.6) is 0 Å². The van der Waals surface area contributed by atoms with Gasteiger partial charge in [0.25, 0.3) is 5.91 Å². The SMILES string of the molecule is CN(C)CCCc1ccc(N/C(=C2\C(=O)Nc3cc(F)ccc32)c2cccc(CC(=O)O)c2)cc1. The summed E-state index contributed by atoms with van der Waals surface area (Å²) in [5, 5.41) is 15.3. The molecule has 1 aliphatic heterocycles. The number of fused-ring (bicyclic) bond motifs is 1. The maximum absolute atomic E-state index is 13.8. The molecule has 0 aromatic heterocycles. The van der Waals surface area contributed by atoms with Gasteiger partial charge in [-0.3, -0.25) is 9.59 Å². The average molecular weight is 474 g/mol.